The molecule has 1 unspecified atom stereocenters. The molecule has 7 heteroatoms. The van der Waals surface area contributed by atoms with E-state index in [-0.39, 0.29) is 11.8 Å². The molecule has 1 aromatic rings. The van der Waals surface area contributed by atoms with Crippen molar-refractivity contribution in [2.75, 3.05) is 18.5 Å². The van der Waals surface area contributed by atoms with E-state index < -0.39 is 11.5 Å². The maximum Gasteiger partial charge on any atom is 0.331 e. The molecule has 1 amide bonds. The Bertz CT molecular complexity index is 503. The predicted molar refractivity (Wildman–Crippen MR) is 71.4 cm³/mol. The van der Waals surface area contributed by atoms with Gasteiger partial charge < -0.3 is 15.2 Å². The molecule has 1 aliphatic heterocycles. The summed E-state index contributed by atoms with van der Waals surface area (Å²) < 4.78 is 6.54. The van der Waals surface area contributed by atoms with Crippen LogP contribution in [0.25, 0.3) is 0 Å². The van der Waals surface area contributed by atoms with Crippen molar-refractivity contribution < 1.29 is 19.4 Å². The number of carboxylic acid groups (broad SMARTS) is 1. The number of nitrogens with zero attached hydrogens (tertiary/aromatic N) is 2. The summed E-state index contributed by atoms with van der Waals surface area (Å²) in [4.78, 5) is 23.0. The summed E-state index contributed by atoms with van der Waals surface area (Å²) in [7, 11) is 0. The lowest BCUT2D eigenvalue weighted by molar-refractivity contribution is -0.146. The fourth-order valence-corrected chi connectivity index (χ4v) is 2.00. The first kappa shape index (κ1) is 14.5. The molecular formula is C13H19N3O4. The van der Waals surface area contributed by atoms with E-state index in [1.165, 1.54) is 4.68 Å². The number of aromatic nitrogens is 2. The average Bonchev–Trinajstić information content (AvgIpc) is 3.00. The number of nitrogens with one attached hydrogen (secondary N) is 1. The molecular weight excluding hydrogens is 262 g/mol. The number of ether oxygens (including phenoxy) is 1. The molecule has 1 saturated heterocycles. The number of aliphatic carboxylic acids is 1. The molecule has 0 aromatic carbocycles. The van der Waals surface area contributed by atoms with Gasteiger partial charge in [0.2, 0.25) is 5.91 Å². The van der Waals surface area contributed by atoms with E-state index in [0.29, 0.717) is 25.5 Å². The van der Waals surface area contributed by atoms with E-state index in [2.05, 4.69) is 10.4 Å². The third-order valence-electron chi connectivity index (χ3n) is 3.45. The monoisotopic (exact) mass is 281 g/mol. The van der Waals surface area contributed by atoms with Gasteiger partial charge in [0.15, 0.2) is 11.4 Å². The molecule has 1 fully saturated rings. The molecule has 1 atom stereocenters. The number of hydrogen-bond donors (Lipinski definition) is 2. The van der Waals surface area contributed by atoms with E-state index in [1.54, 1.807) is 26.1 Å². The van der Waals surface area contributed by atoms with Crippen molar-refractivity contribution in [3.63, 3.8) is 0 Å². The van der Waals surface area contributed by atoms with Crippen molar-refractivity contribution in [1.29, 1.82) is 0 Å². The minimum atomic E-state index is -1.15. The molecule has 2 rings (SSSR count). The van der Waals surface area contributed by atoms with Gasteiger partial charge in [0.25, 0.3) is 0 Å². The van der Waals surface area contributed by atoms with Crippen LogP contribution in [-0.2, 0) is 19.9 Å². The van der Waals surface area contributed by atoms with Crippen molar-refractivity contribution in [3.8, 4) is 0 Å². The summed E-state index contributed by atoms with van der Waals surface area (Å²) >= 11 is 0. The largest absolute Gasteiger partial charge is 0.479 e. The van der Waals surface area contributed by atoms with Crippen LogP contribution in [0.2, 0.25) is 0 Å². The van der Waals surface area contributed by atoms with Gasteiger partial charge in [-0.15, -0.1) is 0 Å². The van der Waals surface area contributed by atoms with Crippen LogP contribution in [-0.4, -0.2) is 40.0 Å². The number of amides is 1. The third-order valence-corrected chi connectivity index (χ3v) is 3.45. The Morgan fingerprint density at radius 1 is 1.60 bits per heavy atom. The Morgan fingerprint density at radius 2 is 2.35 bits per heavy atom. The van der Waals surface area contributed by atoms with Gasteiger partial charge in [-0.3, -0.25) is 9.48 Å². The number of carboxylic acids is 1. The highest BCUT2D eigenvalue weighted by atomic mass is 16.5. The molecule has 1 aliphatic rings. The lowest BCUT2D eigenvalue weighted by atomic mass is 10.1. The average molecular weight is 281 g/mol. The van der Waals surface area contributed by atoms with Crippen molar-refractivity contribution in [3.05, 3.63) is 12.3 Å². The fourth-order valence-electron chi connectivity index (χ4n) is 2.00. The lowest BCUT2D eigenvalue weighted by Crippen LogP contribution is -2.36. The molecule has 1 aromatic heterocycles. The summed E-state index contributed by atoms with van der Waals surface area (Å²) in [6, 6.07) is 1.59. The quantitative estimate of drug-likeness (QED) is 0.842. The first-order chi connectivity index (χ1) is 9.39. The van der Waals surface area contributed by atoms with Crippen LogP contribution >= 0.6 is 0 Å². The highest BCUT2D eigenvalue weighted by Gasteiger charge is 2.30. The molecule has 20 heavy (non-hydrogen) atoms. The Kier molecular flexibility index (Phi) is 4.08. The van der Waals surface area contributed by atoms with Gasteiger partial charge in [-0.1, -0.05) is 0 Å². The lowest BCUT2D eigenvalue weighted by Gasteiger charge is -2.19. The topological polar surface area (TPSA) is 93.5 Å². The highest BCUT2D eigenvalue weighted by molar-refractivity contribution is 5.89. The highest BCUT2D eigenvalue weighted by Crippen LogP contribution is 2.19. The van der Waals surface area contributed by atoms with Crippen LogP contribution in [0.5, 0.6) is 0 Å². The molecule has 0 spiro atoms. The Labute approximate surface area is 116 Å². The van der Waals surface area contributed by atoms with E-state index in [9.17, 15) is 9.59 Å². The van der Waals surface area contributed by atoms with Gasteiger partial charge in [0.05, 0.1) is 0 Å². The van der Waals surface area contributed by atoms with Gasteiger partial charge in [0.1, 0.15) is 0 Å². The van der Waals surface area contributed by atoms with Gasteiger partial charge in [0, 0.05) is 31.9 Å². The van der Waals surface area contributed by atoms with Crippen LogP contribution in [0.3, 0.4) is 0 Å². The summed E-state index contributed by atoms with van der Waals surface area (Å²) in [5.74, 6) is -0.490. The number of anilines is 1. The minimum Gasteiger partial charge on any atom is -0.479 e. The Morgan fingerprint density at radius 3 is 2.95 bits per heavy atom. The van der Waals surface area contributed by atoms with Gasteiger partial charge >= 0.3 is 5.97 Å². The van der Waals surface area contributed by atoms with Crippen molar-refractivity contribution >= 4 is 17.7 Å². The van der Waals surface area contributed by atoms with E-state index in [4.69, 9.17) is 9.84 Å². The summed E-state index contributed by atoms with van der Waals surface area (Å²) in [5, 5.41) is 15.9. The predicted octanol–water partition coefficient (Wildman–Crippen LogP) is 1.07. The standard InChI is InChI=1S/C13H19N3O4/c1-13(2,12(18)19)16-5-3-10(15-16)14-11(17)7-9-4-6-20-8-9/h3,5,9H,4,6-8H2,1-2H3,(H,18,19)(H,14,15,17). The van der Waals surface area contributed by atoms with E-state index >= 15 is 0 Å². The van der Waals surface area contributed by atoms with Crippen LogP contribution in [0.4, 0.5) is 5.82 Å². The Balaban J connectivity index is 1.95. The second-order valence-corrected chi connectivity index (χ2v) is 5.49. The van der Waals surface area contributed by atoms with E-state index in [0.717, 1.165) is 6.42 Å². The molecule has 0 aliphatic carbocycles. The van der Waals surface area contributed by atoms with Crippen LogP contribution in [0.15, 0.2) is 12.3 Å². The number of rotatable bonds is 5. The molecule has 2 heterocycles. The van der Waals surface area contributed by atoms with Crippen LogP contribution < -0.4 is 5.32 Å². The normalized spacial score (nSPS) is 19.0. The molecule has 0 bridgehead atoms. The SMILES string of the molecule is CC(C)(C(=O)O)n1ccc(NC(=O)CC2CCOC2)n1. The zero-order chi connectivity index (χ0) is 14.8. The van der Waals surface area contributed by atoms with Crippen LogP contribution in [0.1, 0.15) is 26.7 Å². The van der Waals surface area contributed by atoms with Gasteiger partial charge in [-0.05, 0) is 26.2 Å². The van der Waals surface area contributed by atoms with Crippen LogP contribution in [0, 0.1) is 5.92 Å². The van der Waals surface area contributed by atoms with Crippen molar-refractivity contribution in [2.24, 2.45) is 5.92 Å². The molecule has 0 saturated carbocycles. The van der Waals surface area contributed by atoms with E-state index in [1.807, 2.05) is 0 Å². The molecule has 7 nitrogen and oxygen atoms in total. The molecule has 2 N–H and O–H groups in total. The number of hydrogen-bond acceptors (Lipinski definition) is 4. The second-order valence-electron chi connectivity index (χ2n) is 5.49. The fraction of sp³-hybridized carbons (Fsp3) is 0.615. The first-order valence-electron chi connectivity index (χ1n) is 6.56. The summed E-state index contributed by atoms with van der Waals surface area (Å²) in [6.45, 7) is 4.42. The summed E-state index contributed by atoms with van der Waals surface area (Å²) in [6.07, 6.45) is 2.84. The third kappa shape index (κ3) is 3.16. The molecule has 110 valence electrons. The van der Waals surface area contributed by atoms with Crippen molar-refractivity contribution in [1.82, 2.24) is 9.78 Å². The maximum atomic E-state index is 11.8. The minimum absolute atomic E-state index is 0.126. The van der Waals surface area contributed by atoms with Crippen molar-refractivity contribution in [2.45, 2.75) is 32.2 Å². The first-order valence-corrected chi connectivity index (χ1v) is 6.56. The zero-order valence-corrected chi connectivity index (χ0v) is 11.6. The molecule has 0 radical (unpaired) electrons. The second kappa shape index (κ2) is 5.62. The Hall–Kier alpha value is -1.89. The summed E-state index contributed by atoms with van der Waals surface area (Å²) in [5.41, 5.74) is -1.15. The smallest absolute Gasteiger partial charge is 0.331 e. The van der Waals surface area contributed by atoms with Gasteiger partial charge in [-0.2, -0.15) is 5.10 Å². The number of carbonyl (C=O) groups excluding carboxylic acids is 1. The van der Waals surface area contributed by atoms with Gasteiger partial charge in [-0.25, -0.2) is 4.79 Å². The maximum absolute atomic E-state index is 11.8. The zero-order valence-electron chi connectivity index (χ0n) is 11.6. The number of carbonyl (C=O) groups is 2.